The van der Waals surface area contributed by atoms with Gasteiger partial charge in [-0.25, -0.2) is 0 Å². The first-order valence-electron chi connectivity index (χ1n) is 9.53. The number of ether oxygens (including phenoxy) is 5. The van der Waals surface area contributed by atoms with Crippen molar-refractivity contribution in [2.24, 2.45) is 0 Å². The van der Waals surface area contributed by atoms with Gasteiger partial charge in [0.2, 0.25) is 5.91 Å². The van der Waals surface area contributed by atoms with E-state index in [1.54, 1.807) is 12.1 Å². The van der Waals surface area contributed by atoms with Crippen molar-refractivity contribution in [1.29, 1.82) is 0 Å². The van der Waals surface area contributed by atoms with Gasteiger partial charge in [0.25, 0.3) is 0 Å². The van der Waals surface area contributed by atoms with E-state index in [9.17, 15) is 4.79 Å². The monoisotopic (exact) mass is 383 g/mol. The normalized spacial score (nSPS) is 10.7. The van der Waals surface area contributed by atoms with E-state index >= 15 is 0 Å². The molecular weight excluding hydrogens is 350 g/mol. The minimum absolute atomic E-state index is 0.0951. The lowest BCUT2D eigenvalue weighted by Crippen LogP contribution is -2.14. The zero-order chi connectivity index (χ0) is 19.6. The molecule has 0 bridgehead atoms. The molecule has 0 aliphatic rings. The van der Waals surface area contributed by atoms with E-state index in [1.165, 1.54) is 6.92 Å². The van der Waals surface area contributed by atoms with E-state index in [1.807, 2.05) is 12.1 Å². The molecule has 0 aliphatic carbocycles. The Morgan fingerprint density at radius 1 is 0.778 bits per heavy atom. The molecule has 7 heteroatoms. The zero-order valence-electron chi connectivity index (χ0n) is 16.5. The van der Waals surface area contributed by atoms with Crippen LogP contribution in [0.5, 0.6) is 5.75 Å². The van der Waals surface area contributed by atoms with Crippen LogP contribution in [0.4, 0.5) is 5.69 Å². The Morgan fingerprint density at radius 2 is 1.26 bits per heavy atom. The topological polar surface area (TPSA) is 75.2 Å². The lowest BCUT2D eigenvalue weighted by atomic mass is 10.3. The molecule has 0 saturated carbocycles. The van der Waals surface area contributed by atoms with E-state index in [2.05, 4.69) is 12.2 Å². The first kappa shape index (κ1) is 23.4. The highest BCUT2D eigenvalue weighted by Gasteiger charge is 1.98. The summed E-state index contributed by atoms with van der Waals surface area (Å²) in [6.07, 6.45) is 2.24. The molecular formula is C20H33NO6. The number of nitrogens with one attached hydrogen (secondary N) is 1. The molecule has 0 spiro atoms. The van der Waals surface area contributed by atoms with Crippen LogP contribution in [0, 0.1) is 0 Å². The molecule has 1 N–H and O–H groups in total. The number of carbonyl (C=O) groups is 1. The molecule has 0 atom stereocenters. The Balaban J connectivity index is 1.84. The first-order valence-corrected chi connectivity index (χ1v) is 9.53. The average molecular weight is 383 g/mol. The predicted molar refractivity (Wildman–Crippen MR) is 104 cm³/mol. The second kappa shape index (κ2) is 16.5. The lowest BCUT2D eigenvalue weighted by Gasteiger charge is -2.09. The fraction of sp³-hybridized carbons (Fsp3) is 0.650. The van der Waals surface area contributed by atoms with Crippen LogP contribution >= 0.6 is 0 Å². The zero-order valence-corrected chi connectivity index (χ0v) is 16.5. The molecule has 0 heterocycles. The predicted octanol–water partition coefficient (Wildman–Crippen LogP) is 2.89. The van der Waals surface area contributed by atoms with Gasteiger partial charge in [0.15, 0.2) is 0 Å². The Hall–Kier alpha value is -1.67. The molecule has 0 radical (unpaired) electrons. The van der Waals surface area contributed by atoms with Crippen LogP contribution in [-0.2, 0) is 23.7 Å². The van der Waals surface area contributed by atoms with Crippen LogP contribution in [-0.4, -0.2) is 65.4 Å². The Labute approximate surface area is 162 Å². The largest absolute Gasteiger partial charge is 0.491 e. The van der Waals surface area contributed by atoms with Gasteiger partial charge in [0.1, 0.15) is 12.4 Å². The number of benzene rings is 1. The van der Waals surface area contributed by atoms with Crippen LogP contribution in [0.1, 0.15) is 26.7 Å². The van der Waals surface area contributed by atoms with Gasteiger partial charge in [-0.15, -0.1) is 0 Å². The van der Waals surface area contributed by atoms with Crippen molar-refractivity contribution in [3.05, 3.63) is 24.3 Å². The fourth-order valence-electron chi connectivity index (χ4n) is 2.06. The van der Waals surface area contributed by atoms with Crippen molar-refractivity contribution in [2.75, 3.05) is 64.8 Å². The summed E-state index contributed by atoms with van der Waals surface area (Å²) in [6, 6.07) is 7.21. The van der Waals surface area contributed by atoms with Crippen molar-refractivity contribution in [1.82, 2.24) is 0 Å². The van der Waals surface area contributed by atoms with Crippen molar-refractivity contribution in [3.63, 3.8) is 0 Å². The second-order valence-corrected chi connectivity index (χ2v) is 5.86. The van der Waals surface area contributed by atoms with Gasteiger partial charge < -0.3 is 29.0 Å². The number of amides is 1. The van der Waals surface area contributed by atoms with Gasteiger partial charge in [-0.3, -0.25) is 4.79 Å². The number of unbranched alkanes of at least 4 members (excludes halogenated alkanes) is 1. The van der Waals surface area contributed by atoms with Crippen molar-refractivity contribution in [2.45, 2.75) is 26.7 Å². The molecule has 1 aromatic carbocycles. The molecule has 27 heavy (non-hydrogen) atoms. The summed E-state index contributed by atoms with van der Waals surface area (Å²) in [5, 5.41) is 2.71. The molecule has 154 valence electrons. The molecule has 1 amide bonds. The molecule has 0 fully saturated rings. The number of anilines is 1. The maximum Gasteiger partial charge on any atom is 0.221 e. The molecule has 7 nitrogen and oxygen atoms in total. The first-order chi connectivity index (χ1) is 13.2. The van der Waals surface area contributed by atoms with Gasteiger partial charge in [0, 0.05) is 19.2 Å². The van der Waals surface area contributed by atoms with E-state index in [-0.39, 0.29) is 5.91 Å². The average Bonchev–Trinajstić information content (AvgIpc) is 2.66. The SMILES string of the molecule is CCCCOCCOCCOCCOCCOc1ccc(NC(C)=O)cc1. The number of hydrogen-bond acceptors (Lipinski definition) is 6. The van der Waals surface area contributed by atoms with E-state index < -0.39 is 0 Å². The summed E-state index contributed by atoms with van der Waals surface area (Å²) in [7, 11) is 0. The van der Waals surface area contributed by atoms with Crippen molar-refractivity contribution < 1.29 is 28.5 Å². The number of carbonyl (C=O) groups excluding carboxylic acids is 1. The highest BCUT2D eigenvalue weighted by atomic mass is 16.6. The van der Waals surface area contributed by atoms with Crippen LogP contribution in [0.2, 0.25) is 0 Å². The fourth-order valence-corrected chi connectivity index (χ4v) is 2.06. The van der Waals surface area contributed by atoms with Gasteiger partial charge in [-0.1, -0.05) is 13.3 Å². The Morgan fingerprint density at radius 3 is 1.74 bits per heavy atom. The van der Waals surface area contributed by atoms with Crippen molar-refractivity contribution in [3.8, 4) is 5.75 Å². The Kier molecular flexibility index (Phi) is 14.3. The summed E-state index contributed by atoms with van der Waals surface area (Å²) < 4.78 is 27.2. The van der Waals surface area contributed by atoms with Crippen LogP contribution in [0.25, 0.3) is 0 Å². The molecule has 1 rings (SSSR count). The van der Waals surface area contributed by atoms with Crippen molar-refractivity contribution >= 4 is 11.6 Å². The summed E-state index contributed by atoms with van der Waals surface area (Å²) in [5.74, 6) is 0.641. The van der Waals surface area contributed by atoms with Crippen LogP contribution in [0.3, 0.4) is 0 Å². The molecule has 0 aromatic heterocycles. The van der Waals surface area contributed by atoms with Crippen LogP contribution < -0.4 is 10.1 Å². The summed E-state index contributed by atoms with van der Waals surface area (Å²) in [6.45, 7) is 8.78. The van der Waals surface area contributed by atoms with Gasteiger partial charge in [0.05, 0.1) is 46.2 Å². The Bertz CT molecular complexity index is 480. The number of hydrogen-bond donors (Lipinski definition) is 1. The quantitative estimate of drug-likeness (QED) is 0.417. The summed E-state index contributed by atoms with van der Waals surface area (Å²) in [4.78, 5) is 10.9. The third-order valence-corrected chi connectivity index (χ3v) is 3.43. The minimum atomic E-state index is -0.0951. The summed E-state index contributed by atoms with van der Waals surface area (Å²) >= 11 is 0. The standard InChI is InChI=1S/C20H33NO6/c1-3-4-9-23-10-11-24-12-13-25-14-15-26-16-17-27-20-7-5-19(6-8-20)21-18(2)22/h5-8H,3-4,9-17H2,1-2H3,(H,21,22). The van der Waals surface area contributed by atoms with E-state index in [0.29, 0.717) is 52.9 Å². The van der Waals surface area contributed by atoms with Gasteiger partial charge in [-0.2, -0.15) is 0 Å². The molecule has 0 saturated heterocycles. The van der Waals surface area contributed by atoms with Crippen LogP contribution in [0.15, 0.2) is 24.3 Å². The minimum Gasteiger partial charge on any atom is -0.491 e. The number of rotatable bonds is 17. The maximum absolute atomic E-state index is 10.9. The lowest BCUT2D eigenvalue weighted by molar-refractivity contribution is -0.114. The third kappa shape index (κ3) is 14.1. The molecule has 1 aromatic rings. The van der Waals surface area contributed by atoms with E-state index in [4.69, 9.17) is 23.7 Å². The highest BCUT2D eigenvalue weighted by Crippen LogP contribution is 2.15. The van der Waals surface area contributed by atoms with Gasteiger partial charge >= 0.3 is 0 Å². The second-order valence-electron chi connectivity index (χ2n) is 5.86. The maximum atomic E-state index is 10.9. The summed E-state index contributed by atoms with van der Waals surface area (Å²) in [5.41, 5.74) is 0.747. The smallest absolute Gasteiger partial charge is 0.221 e. The van der Waals surface area contributed by atoms with E-state index in [0.717, 1.165) is 30.9 Å². The van der Waals surface area contributed by atoms with Gasteiger partial charge in [-0.05, 0) is 30.7 Å². The third-order valence-electron chi connectivity index (χ3n) is 3.43. The molecule has 0 unspecified atom stereocenters. The molecule has 0 aliphatic heterocycles. The highest BCUT2D eigenvalue weighted by molar-refractivity contribution is 5.88.